The lowest BCUT2D eigenvalue weighted by molar-refractivity contribution is -0.136. The van der Waals surface area contributed by atoms with Crippen LogP contribution in [0.2, 0.25) is 5.02 Å². The first-order chi connectivity index (χ1) is 18.5. The van der Waals surface area contributed by atoms with E-state index < -0.39 is 12.0 Å². The SMILES string of the molecule is CCC1=C(C(=O)OC)[C@H](c2ccccc2)n2c(s/c(=C\c3ccc(OCc4ccccc4Cl)cc3)c2=O)=N1. The van der Waals surface area contributed by atoms with Crippen LogP contribution in [-0.2, 0) is 16.1 Å². The van der Waals surface area contributed by atoms with Gasteiger partial charge in [0.25, 0.3) is 5.56 Å². The van der Waals surface area contributed by atoms with E-state index >= 15 is 0 Å². The molecule has 0 spiro atoms. The van der Waals surface area contributed by atoms with Gasteiger partial charge in [0, 0.05) is 10.6 Å². The van der Waals surface area contributed by atoms with Crippen molar-refractivity contribution in [2.75, 3.05) is 7.11 Å². The summed E-state index contributed by atoms with van der Waals surface area (Å²) in [7, 11) is 1.34. The summed E-state index contributed by atoms with van der Waals surface area (Å²) in [4.78, 5) is 31.8. The van der Waals surface area contributed by atoms with Gasteiger partial charge in [-0.15, -0.1) is 0 Å². The molecule has 1 aliphatic rings. The number of thiazole rings is 1. The number of allylic oxidation sites excluding steroid dienone is 1. The van der Waals surface area contributed by atoms with Crippen LogP contribution in [-0.4, -0.2) is 17.6 Å². The van der Waals surface area contributed by atoms with Crippen LogP contribution in [0.1, 0.15) is 36.1 Å². The van der Waals surface area contributed by atoms with Crippen molar-refractivity contribution in [3.05, 3.63) is 132 Å². The van der Waals surface area contributed by atoms with Crippen LogP contribution in [0.3, 0.4) is 0 Å². The molecule has 0 saturated heterocycles. The lowest BCUT2D eigenvalue weighted by atomic mass is 9.95. The number of rotatable bonds is 7. The van der Waals surface area contributed by atoms with E-state index in [-0.39, 0.29) is 5.56 Å². The highest BCUT2D eigenvalue weighted by Crippen LogP contribution is 2.31. The van der Waals surface area contributed by atoms with Crippen LogP contribution < -0.4 is 19.6 Å². The Hall–Kier alpha value is -3.94. The molecule has 0 aliphatic carbocycles. The number of benzene rings is 3. The number of carbonyl (C=O) groups excluding carboxylic acids is 1. The molecule has 0 saturated carbocycles. The number of hydrogen-bond acceptors (Lipinski definition) is 6. The summed E-state index contributed by atoms with van der Waals surface area (Å²) in [5.41, 5.74) is 3.38. The van der Waals surface area contributed by atoms with Gasteiger partial charge < -0.3 is 9.47 Å². The van der Waals surface area contributed by atoms with Crippen molar-refractivity contribution >= 4 is 35.0 Å². The Balaban J connectivity index is 1.51. The maximum absolute atomic E-state index is 13.7. The topological polar surface area (TPSA) is 69.9 Å². The Labute approximate surface area is 228 Å². The number of carbonyl (C=O) groups is 1. The first kappa shape index (κ1) is 25.7. The van der Waals surface area contributed by atoms with E-state index in [1.807, 2.05) is 91.9 Å². The zero-order valence-corrected chi connectivity index (χ0v) is 22.5. The number of esters is 1. The molecule has 1 aliphatic heterocycles. The van der Waals surface area contributed by atoms with Crippen molar-refractivity contribution in [2.24, 2.45) is 4.99 Å². The Kier molecular flexibility index (Phi) is 7.58. The minimum absolute atomic E-state index is 0.210. The number of aromatic nitrogens is 1. The number of ether oxygens (including phenoxy) is 2. The molecule has 8 heteroatoms. The third kappa shape index (κ3) is 5.08. The van der Waals surface area contributed by atoms with Crippen molar-refractivity contribution in [1.29, 1.82) is 0 Å². The lowest BCUT2D eigenvalue weighted by Crippen LogP contribution is -2.40. The van der Waals surface area contributed by atoms with Gasteiger partial charge in [-0.05, 0) is 41.8 Å². The van der Waals surface area contributed by atoms with Crippen LogP contribution >= 0.6 is 22.9 Å². The fourth-order valence-electron chi connectivity index (χ4n) is 4.40. The highest BCUT2D eigenvalue weighted by atomic mass is 35.5. The van der Waals surface area contributed by atoms with Crippen LogP contribution in [0.15, 0.2) is 99.9 Å². The molecular weight excluding hydrogens is 520 g/mol. The van der Waals surface area contributed by atoms with Gasteiger partial charge in [0.2, 0.25) is 0 Å². The largest absolute Gasteiger partial charge is 0.489 e. The summed E-state index contributed by atoms with van der Waals surface area (Å²) in [6, 6.07) is 23.9. The van der Waals surface area contributed by atoms with E-state index in [2.05, 4.69) is 0 Å². The third-order valence-electron chi connectivity index (χ3n) is 6.30. The first-order valence-corrected chi connectivity index (χ1v) is 13.3. The monoisotopic (exact) mass is 544 g/mol. The van der Waals surface area contributed by atoms with Crippen LogP contribution in [0.25, 0.3) is 6.08 Å². The van der Waals surface area contributed by atoms with E-state index in [0.717, 1.165) is 16.7 Å². The molecule has 192 valence electrons. The fourth-order valence-corrected chi connectivity index (χ4v) is 5.61. The van der Waals surface area contributed by atoms with Gasteiger partial charge in [0.1, 0.15) is 12.4 Å². The van der Waals surface area contributed by atoms with Gasteiger partial charge in [-0.2, -0.15) is 0 Å². The average Bonchev–Trinajstić information content (AvgIpc) is 3.26. The molecule has 1 atom stereocenters. The van der Waals surface area contributed by atoms with Crippen molar-refractivity contribution in [1.82, 2.24) is 4.57 Å². The number of hydrogen-bond donors (Lipinski definition) is 0. The second-order valence-electron chi connectivity index (χ2n) is 8.65. The van der Waals surface area contributed by atoms with Crippen molar-refractivity contribution in [2.45, 2.75) is 26.0 Å². The maximum atomic E-state index is 13.7. The van der Waals surface area contributed by atoms with Gasteiger partial charge in [0.05, 0.1) is 29.0 Å². The quantitative estimate of drug-likeness (QED) is 0.306. The summed E-state index contributed by atoms with van der Waals surface area (Å²) in [5.74, 6) is 0.212. The molecule has 2 heterocycles. The van der Waals surface area contributed by atoms with Crippen LogP contribution in [0, 0.1) is 0 Å². The van der Waals surface area contributed by atoms with Gasteiger partial charge in [-0.25, -0.2) is 9.79 Å². The standard InChI is InChI=1S/C30H25ClN2O4S/c1-3-24-26(29(35)36-2)27(20-9-5-4-6-10-20)33-28(34)25(38-30(33)32-24)17-19-13-15-22(16-14-19)37-18-21-11-7-8-12-23(21)31/h4-17,27H,3,18H2,1-2H3/b25-17-/t27-/m0/s1. The van der Waals surface area contributed by atoms with E-state index in [9.17, 15) is 9.59 Å². The Morgan fingerprint density at radius 2 is 1.76 bits per heavy atom. The zero-order valence-electron chi connectivity index (χ0n) is 20.9. The summed E-state index contributed by atoms with van der Waals surface area (Å²) in [5, 5.41) is 0.662. The predicted octanol–water partition coefficient (Wildman–Crippen LogP) is 5.03. The summed E-state index contributed by atoms with van der Waals surface area (Å²) < 4.78 is 13.1. The number of fused-ring (bicyclic) bond motifs is 1. The molecule has 0 fully saturated rings. The Bertz CT molecular complexity index is 1690. The van der Waals surface area contributed by atoms with E-state index in [1.54, 1.807) is 4.57 Å². The number of methoxy groups -OCH3 is 1. The normalized spacial score (nSPS) is 15.1. The molecule has 3 aromatic carbocycles. The molecular formula is C30H25ClN2O4S. The minimum atomic E-state index is -0.613. The Morgan fingerprint density at radius 1 is 1.05 bits per heavy atom. The predicted molar refractivity (Wildman–Crippen MR) is 149 cm³/mol. The highest BCUT2D eigenvalue weighted by Gasteiger charge is 2.33. The van der Waals surface area contributed by atoms with Gasteiger partial charge >= 0.3 is 5.97 Å². The smallest absolute Gasteiger partial charge is 0.338 e. The molecule has 0 N–H and O–H groups in total. The lowest BCUT2D eigenvalue weighted by Gasteiger charge is -2.25. The van der Waals surface area contributed by atoms with Crippen molar-refractivity contribution in [3.8, 4) is 5.75 Å². The summed E-state index contributed by atoms with van der Waals surface area (Å²) >= 11 is 7.52. The van der Waals surface area contributed by atoms with Gasteiger partial charge in [-0.3, -0.25) is 9.36 Å². The van der Waals surface area contributed by atoms with Crippen molar-refractivity contribution in [3.63, 3.8) is 0 Å². The van der Waals surface area contributed by atoms with Gasteiger partial charge in [0.15, 0.2) is 4.80 Å². The maximum Gasteiger partial charge on any atom is 0.338 e. The molecule has 0 radical (unpaired) electrons. The van der Waals surface area contributed by atoms with E-state index in [4.69, 9.17) is 26.1 Å². The number of nitrogens with zero attached hydrogens (tertiary/aromatic N) is 2. The molecule has 5 rings (SSSR count). The van der Waals surface area contributed by atoms with Gasteiger partial charge in [-0.1, -0.05) is 90.5 Å². The molecule has 38 heavy (non-hydrogen) atoms. The number of halogens is 1. The van der Waals surface area contributed by atoms with E-state index in [0.29, 0.717) is 44.4 Å². The van der Waals surface area contributed by atoms with Crippen LogP contribution in [0.5, 0.6) is 5.75 Å². The molecule has 0 unspecified atom stereocenters. The molecule has 0 amide bonds. The molecule has 4 aromatic rings. The highest BCUT2D eigenvalue weighted by molar-refractivity contribution is 7.07. The van der Waals surface area contributed by atoms with Crippen molar-refractivity contribution < 1.29 is 14.3 Å². The Morgan fingerprint density at radius 3 is 2.45 bits per heavy atom. The second-order valence-corrected chi connectivity index (χ2v) is 10.1. The minimum Gasteiger partial charge on any atom is -0.489 e. The second kappa shape index (κ2) is 11.2. The molecule has 6 nitrogen and oxygen atoms in total. The van der Waals surface area contributed by atoms with E-state index in [1.165, 1.54) is 18.4 Å². The average molecular weight is 545 g/mol. The summed E-state index contributed by atoms with van der Waals surface area (Å²) in [6.07, 6.45) is 2.37. The fraction of sp³-hybridized carbons (Fsp3) is 0.167. The van der Waals surface area contributed by atoms with Crippen LogP contribution in [0.4, 0.5) is 0 Å². The first-order valence-electron chi connectivity index (χ1n) is 12.1. The molecule has 1 aromatic heterocycles. The zero-order chi connectivity index (χ0) is 26.6. The third-order valence-corrected chi connectivity index (χ3v) is 7.65. The summed E-state index contributed by atoms with van der Waals surface area (Å²) in [6.45, 7) is 2.30. The molecule has 0 bridgehead atoms.